The molecule has 208 valence electrons. The molecule has 8 nitrogen and oxygen atoms in total. The summed E-state index contributed by atoms with van der Waals surface area (Å²) in [6, 6.07) is 19.5. The number of nitrogens with zero attached hydrogens (tertiary/aromatic N) is 2. The largest absolute Gasteiger partial charge is 0.497 e. The number of nitrogens with one attached hydrogen (secondary N) is 1. The number of methoxy groups -OCH3 is 1. The highest BCUT2D eigenvalue weighted by atomic mass is 32.2. The Hall–Kier alpha value is -3.85. The first-order valence-electron chi connectivity index (χ1n) is 12.8. The SMILES string of the molecule is COc1cccc(CN(C(=O)CN(c2ccc(C)c(C)c2)S(=O)(=O)c2ccccc2)[C@@H](C)C(=O)NC(C)C)c1. The van der Waals surface area contributed by atoms with E-state index in [2.05, 4.69) is 5.32 Å². The first kappa shape index (κ1) is 29.7. The summed E-state index contributed by atoms with van der Waals surface area (Å²) in [6.07, 6.45) is 0. The number of aryl methyl sites for hydroxylation is 2. The Labute approximate surface area is 231 Å². The second-order valence-corrected chi connectivity index (χ2v) is 11.7. The van der Waals surface area contributed by atoms with Crippen LogP contribution in [0.2, 0.25) is 0 Å². The van der Waals surface area contributed by atoms with Gasteiger partial charge in [-0.25, -0.2) is 8.42 Å². The average Bonchev–Trinajstić information content (AvgIpc) is 2.91. The Morgan fingerprint density at radius 1 is 0.897 bits per heavy atom. The average molecular weight is 552 g/mol. The molecule has 0 bridgehead atoms. The third-order valence-electron chi connectivity index (χ3n) is 6.47. The molecule has 2 amide bonds. The summed E-state index contributed by atoms with van der Waals surface area (Å²) in [5.74, 6) is -0.227. The minimum atomic E-state index is -4.10. The summed E-state index contributed by atoms with van der Waals surface area (Å²) in [4.78, 5) is 28.4. The molecule has 9 heteroatoms. The van der Waals surface area contributed by atoms with Gasteiger partial charge >= 0.3 is 0 Å². The Morgan fingerprint density at radius 3 is 2.21 bits per heavy atom. The summed E-state index contributed by atoms with van der Waals surface area (Å²) in [6.45, 7) is 8.76. The maximum atomic E-state index is 14.0. The molecule has 0 aliphatic rings. The summed E-state index contributed by atoms with van der Waals surface area (Å²) >= 11 is 0. The maximum absolute atomic E-state index is 14.0. The highest BCUT2D eigenvalue weighted by Crippen LogP contribution is 2.26. The van der Waals surface area contributed by atoms with Gasteiger partial charge in [0.25, 0.3) is 10.0 Å². The topological polar surface area (TPSA) is 96.0 Å². The number of hydrogen-bond donors (Lipinski definition) is 1. The number of benzene rings is 3. The second-order valence-electron chi connectivity index (χ2n) is 9.81. The number of carbonyl (C=O) groups is 2. The van der Waals surface area contributed by atoms with Crippen LogP contribution in [0.3, 0.4) is 0 Å². The van der Waals surface area contributed by atoms with Crippen LogP contribution in [0.4, 0.5) is 5.69 Å². The van der Waals surface area contributed by atoms with Crippen LogP contribution >= 0.6 is 0 Å². The molecule has 0 heterocycles. The summed E-state index contributed by atoms with van der Waals surface area (Å²) in [5.41, 5.74) is 3.01. The first-order valence-corrected chi connectivity index (χ1v) is 14.3. The fourth-order valence-electron chi connectivity index (χ4n) is 4.08. The number of ether oxygens (including phenoxy) is 1. The van der Waals surface area contributed by atoms with Crippen molar-refractivity contribution in [3.05, 3.63) is 89.5 Å². The van der Waals surface area contributed by atoms with Gasteiger partial charge in [0.05, 0.1) is 17.7 Å². The van der Waals surface area contributed by atoms with Gasteiger partial charge in [-0.15, -0.1) is 0 Å². The molecule has 0 unspecified atom stereocenters. The summed E-state index contributed by atoms with van der Waals surface area (Å²) < 4.78 is 34.1. The van der Waals surface area contributed by atoms with Crippen LogP contribution < -0.4 is 14.4 Å². The smallest absolute Gasteiger partial charge is 0.264 e. The molecule has 3 aromatic carbocycles. The molecule has 0 saturated carbocycles. The predicted octanol–water partition coefficient (Wildman–Crippen LogP) is 4.45. The Balaban J connectivity index is 2.05. The highest BCUT2D eigenvalue weighted by molar-refractivity contribution is 7.92. The van der Waals surface area contributed by atoms with Gasteiger partial charge in [0, 0.05) is 12.6 Å². The van der Waals surface area contributed by atoms with Gasteiger partial charge in [-0.05, 0) is 87.7 Å². The second kappa shape index (κ2) is 12.8. The quantitative estimate of drug-likeness (QED) is 0.380. The molecule has 0 aliphatic heterocycles. The lowest BCUT2D eigenvalue weighted by Crippen LogP contribution is -2.52. The molecule has 3 aromatic rings. The molecule has 1 N–H and O–H groups in total. The minimum Gasteiger partial charge on any atom is -0.497 e. The van der Waals surface area contributed by atoms with E-state index < -0.39 is 28.5 Å². The maximum Gasteiger partial charge on any atom is 0.264 e. The lowest BCUT2D eigenvalue weighted by atomic mass is 10.1. The molecule has 39 heavy (non-hydrogen) atoms. The van der Waals surface area contributed by atoms with E-state index in [0.29, 0.717) is 11.4 Å². The first-order chi connectivity index (χ1) is 18.4. The van der Waals surface area contributed by atoms with Gasteiger partial charge < -0.3 is 15.0 Å². The molecule has 0 radical (unpaired) electrons. The number of rotatable bonds is 11. The zero-order valence-corrected chi connectivity index (χ0v) is 24.2. The van der Waals surface area contributed by atoms with Crippen molar-refractivity contribution < 1.29 is 22.7 Å². The Morgan fingerprint density at radius 2 is 1.59 bits per heavy atom. The van der Waals surface area contributed by atoms with Gasteiger partial charge in [-0.3, -0.25) is 13.9 Å². The number of carbonyl (C=O) groups excluding carboxylic acids is 2. The molecule has 0 aromatic heterocycles. The van der Waals surface area contributed by atoms with E-state index in [1.807, 2.05) is 39.8 Å². The van der Waals surface area contributed by atoms with E-state index in [1.165, 1.54) is 17.0 Å². The normalized spacial score (nSPS) is 12.1. The molecule has 1 atom stereocenters. The number of amides is 2. The molecule has 3 rings (SSSR count). The number of sulfonamides is 1. The fraction of sp³-hybridized carbons (Fsp3) is 0.333. The van der Waals surface area contributed by atoms with Crippen LogP contribution in [-0.4, -0.2) is 50.9 Å². The van der Waals surface area contributed by atoms with Crippen molar-refractivity contribution in [2.24, 2.45) is 0 Å². The van der Waals surface area contributed by atoms with E-state index in [1.54, 1.807) is 62.6 Å². The lowest BCUT2D eigenvalue weighted by Gasteiger charge is -2.32. The monoisotopic (exact) mass is 551 g/mol. The third kappa shape index (κ3) is 7.38. The van der Waals surface area contributed by atoms with E-state index in [4.69, 9.17) is 4.74 Å². The van der Waals surface area contributed by atoms with Gasteiger partial charge in [0.2, 0.25) is 11.8 Å². The van der Waals surface area contributed by atoms with Gasteiger partial charge in [0.15, 0.2) is 0 Å². The fourth-order valence-corrected chi connectivity index (χ4v) is 5.51. The van der Waals surface area contributed by atoms with Crippen molar-refractivity contribution in [1.29, 1.82) is 0 Å². The number of anilines is 1. The van der Waals surface area contributed by atoms with Gasteiger partial charge in [-0.2, -0.15) is 0 Å². The lowest BCUT2D eigenvalue weighted by molar-refractivity contribution is -0.139. The van der Waals surface area contributed by atoms with Crippen molar-refractivity contribution in [3.63, 3.8) is 0 Å². The van der Waals surface area contributed by atoms with Crippen LogP contribution in [0.1, 0.15) is 37.5 Å². The van der Waals surface area contributed by atoms with Crippen molar-refractivity contribution in [2.75, 3.05) is 18.0 Å². The number of hydrogen-bond acceptors (Lipinski definition) is 5. The van der Waals surface area contributed by atoms with E-state index >= 15 is 0 Å². The van der Waals surface area contributed by atoms with Crippen molar-refractivity contribution in [3.8, 4) is 5.75 Å². The standard InChI is InChI=1S/C30H37N3O5S/c1-21(2)31-30(35)24(5)32(19-25-11-10-12-27(18-25)38-6)29(34)20-33(26-16-15-22(3)23(4)17-26)39(36,37)28-13-8-7-9-14-28/h7-18,21,24H,19-20H2,1-6H3,(H,31,35)/t24-/m0/s1. The van der Waals surface area contributed by atoms with Crippen LogP contribution in [0.5, 0.6) is 5.75 Å². The van der Waals surface area contributed by atoms with Crippen molar-refractivity contribution in [2.45, 2.75) is 58.1 Å². The summed E-state index contributed by atoms with van der Waals surface area (Å²) in [5, 5.41) is 2.85. The highest BCUT2D eigenvalue weighted by Gasteiger charge is 2.32. The van der Waals surface area contributed by atoms with E-state index in [0.717, 1.165) is 21.0 Å². The molecule has 0 aliphatic carbocycles. The van der Waals surface area contributed by atoms with Crippen molar-refractivity contribution >= 4 is 27.5 Å². The Kier molecular flexibility index (Phi) is 9.75. The minimum absolute atomic E-state index is 0.0703. The zero-order valence-electron chi connectivity index (χ0n) is 23.3. The van der Waals surface area contributed by atoms with E-state index in [9.17, 15) is 18.0 Å². The molecular formula is C30H37N3O5S. The third-order valence-corrected chi connectivity index (χ3v) is 8.26. The van der Waals surface area contributed by atoms with E-state index in [-0.39, 0.29) is 23.4 Å². The van der Waals surface area contributed by atoms with Gasteiger partial charge in [0.1, 0.15) is 18.3 Å². The van der Waals surface area contributed by atoms with Crippen LogP contribution in [0.25, 0.3) is 0 Å². The predicted molar refractivity (Wildman–Crippen MR) is 153 cm³/mol. The van der Waals surface area contributed by atoms with Crippen LogP contribution in [0.15, 0.2) is 77.7 Å². The molecular weight excluding hydrogens is 514 g/mol. The molecule has 0 fully saturated rings. The Bertz CT molecular complexity index is 1410. The van der Waals surface area contributed by atoms with Crippen molar-refractivity contribution in [1.82, 2.24) is 10.2 Å². The zero-order chi connectivity index (χ0) is 28.7. The van der Waals surface area contributed by atoms with Crippen LogP contribution in [-0.2, 0) is 26.2 Å². The molecule has 0 saturated heterocycles. The van der Waals surface area contributed by atoms with Crippen LogP contribution in [0, 0.1) is 13.8 Å². The summed E-state index contributed by atoms with van der Waals surface area (Å²) in [7, 11) is -2.54. The molecule has 0 spiro atoms. The van der Waals surface area contributed by atoms with Gasteiger partial charge in [-0.1, -0.05) is 36.4 Å².